The molecule has 2 aromatic heterocycles. The number of benzene rings is 2. The van der Waals surface area contributed by atoms with Crippen molar-refractivity contribution < 1.29 is 18.0 Å². The first-order valence-electron chi connectivity index (χ1n) is 8.75. The van der Waals surface area contributed by atoms with Crippen LogP contribution in [0.2, 0.25) is 0 Å². The third kappa shape index (κ3) is 3.88. The van der Waals surface area contributed by atoms with Crippen LogP contribution in [0.3, 0.4) is 0 Å². The largest absolute Gasteiger partial charge is 0.416 e. The van der Waals surface area contributed by atoms with Crippen LogP contribution in [0.4, 0.5) is 35.2 Å². The minimum Gasteiger partial charge on any atom is -0.383 e. The molecular formula is C20H15F3N6O. The van der Waals surface area contributed by atoms with Crippen LogP contribution in [-0.4, -0.2) is 20.6 Å². The Morgan fingerprint density at radius 1 is 1.00 bits per heavy atom. The van der Waals surface area contributed by atoms with Crippen molar-refractivity contribution in [2.24, 2.45) is 0 Å². The van der Waals surface area contributed by atoms with Crippen molar-refractivity contribution in [3.05, 3.63) is 72.6 Å². The fourth-order valence-corrected chi connectivity index (χ4v) is 2.91. The average molecular weight is 412 g/mol. The topological polar surface area (TPSA) is 97.3 Å². The number of rotatable bonds is 3. The van der Waals surface area contributed by atoms with Gasteiger partial charge in [0.1, 0.15) is 5.82 Å². The highest BCUT2D eigenvalue weighted by Gasteiger charge is 2.30. The van der Waals surface area contributed by atoms with E-state index < -0.39 is 17.8 Å². The average Bonchev–Trinajstić information content (AvgIpc) is 3.18. The summed E-state index contributed by atoms with van der Waals surface area (Å²) in [6, 6.07) is 12.2. The number of nitrogens with two attached hydrogens (primary N) is 1. The van der Waals surface area contributed by atoms with Gasteiger partial charge in [-0.05, 0) is 35.9 Å². The number of nitrogens with zero attached hydrogens (tertiary/aromatic N) is 3. The van der Waals surface area contributed by atoms with Crippen molar-refractivity contribution in [3.8, 4) is 11.1 Å². The first kappa shape index (κ1) is 19.2. The summed E-state index contributed by atoms with van der Waals surface area (Å²) in [5, 5.41) is 9.07. The third-order valence-corrected chi connectivity index (χ3v) is 4.35. The minimum atomic E-state index is -4.49. The van der Waals surface area contributed by atoms with Crippen LogP contribution in [0.1, 0.15) is 5.56 Å². The van der Waals surface area contributed by atoms with Gasteiger partial charge in [-0.15, -0.1) is 0 Å². The maximum Gasteiger partial charge on any atom is 0.416 e. The molecule has 0 aliphatic rings. The Labute approximate surface area is 168 Å². The highest BCUT2D eigenvalue weighted by atomic mass is 19.4. The number of fused-ring (bicyclic) bond motifs is 1. The Hall–Kier alpha value is -4.08. The second kappa shape index (κ2) is 7.39. The summed E-state index contributed by atoms with van der Waals surface area (Å²) < 4.78 is 39.9. The Morgan fingerprint density at radius 2 is 1.73 bits per heavy atom. The van der Waals surface area contributed by atoms with E-state index in [1.54, 1.807) is 42.7 Å². The van der Waals surface area contributed by atoms with E-state index in [1.165, 1.54) is 16.6 Å². The monoisotopic (exact) mass is 412 g/mol. The molecule has 0 saturated heterocycles. The van der Waals surface area contributed by atoms with E-state index in [2.05, 4.69) is 20.7 Å². The molecule has 2 amide bonds. The van der Waals surface area contributed by atoms with Gasteiger partial charge in [0, 0.05) is 29.2 Å². The number of nitrogens with one attached hydrogen (secondary N) is 2. The van der Waals surface area contributed by atoms with Crippen molar-refractivity contribution in [1.82, 2.24) is 14.6 Å². The molecule has 0 spiro atoms. The summed E-state index contributed by atoms with van der Waals surface area (Å²) in [4.78, 5) is 16.4. The molecule has 4 rings (SSSR count). The summed E-state index contributed by atoms with van der Waals surface area (Å²) in [5.74, 6) is 0.424. The van der Waals surface area contributed by atoms with Crippen LogP contribution in [0.25, 0.3) is 16.8 Å². The highest BCUT2D eigenvalue weighted by Crippen LogP contribution is 2.31. The van der Waals surface area contributed by atoms with Crippen LogP contribution in [0.15, 0.2) is 67.0 Å². The van der Waals surface area contributed by atoms with E-state index >= 15 is 0 Å². The van der Waals surface area contributed by atoms with Gasteiger partial charge in [0.05, 0.1) is 11.8 Å². The number of halogens is 3. The minimum absolute atomic E-state index is 0.0327. The lowest BCUT2D eigenvalue weighted by Gasteiger charge is -2.11. The van der Waals surface area contributed by atoms with Crippen LogP contribution in [0.5, 0.6) is 0 Å². The zero-order valence-electron chi connectivity index (χ0n) is 15.3. The first-order chi connectivity index (χ1) is 14.3. The summed E-state index contributed by atoms with van der Waals surface area (Å²) in [6.07, 6.45) is -1.26. The molecule has 0 fully saturated rings. The SMILES string of the molecule is Nc1c(-c2ccc(NC(=O)Nc3cccc(C(F)(F)F)c3)cc2)cnc2ccnn12. The molecule has 4 N–H and O–H groups in total. The van der Waals surface area contributed by atoms with E-state index in [0.29, 0.717) is 22.7 Å². The summed E-state index contributed by atoms with van der Waals surface area (Å²) in [7, 11) is 0. The van der Waals surface area contributed by atoms with E-state index in [9.17, 15) is 18.0 Å². The number of aromatic nitrogens is 3. The van der Waals surface area contributed by atoms with Gasteiger partial charge < -0.3 is 16.4 Å². The molecule has 10 heteroatoms. The fraction of sp³-hybridized carbons (Fsp3) is 0.0500. The van der Waals surface area contributed by atoms with Gasteiger partial charge in [-0.1, -0.05) is 18.2 Å². The lowest BCUT2D eigenvalue weighted by Crippen LogP contribution is -2.19. The molecule has 0 atom stereocenters. The van der Waals surface area contributed by atoms with Crippen molar-refractivity contribution in [1.29, 1.82) is 0 Å². The zero-order valence-corrected chi connectivity index (χ0v) is 15.3. The number of urea groups is 1. The molecule has 152 valence electrons. The quantitative estimate of drug-likeness (QED) is 0.457. The third-order valence-electron chi connectivity index (χ3n) is 4.35. The molecule has 7 nitrogen and oxygen atoms in total. The van der Waals surface area contributed by atoms with Crippen LogP contribution in [0, 0.1) is 0 Å². The Kier molecular flexibility index (Phi) is 4.74. The number of anilines is 3. The lowest BCUT2D eigenvalue weighted by atomic mass is 10.1. The fourth-order valence-electron chi connectivity index (χ4n) is 2.91. The normalized spacial score (nSPS) is 11.4. The number of nitrogen functional groups attached to an aromatic ring is 1. The predicted molar refractivity (Wildman–Crippen MR) is 107 cm³/mol. The van der Waals surface area contributed by atoms with E-state index in [1.807, 2.05) is 0 Å². The zero-order chi connectivity index (χ0) is 21.3. The first-order valence-corrected chi connectivity index (χ1v) is 8.75. The van der Waals surface area contributed by atoms with Gasteiger partial charge in [-0.25, -0.2) is 9.78 Å². The summed E-state index contributed by atoms with van der Waals surface area (Å²) >= 11 is 0. The van der Waals surface area contributed by atoms with Crippen molar-refractivity contribution in [2.45, 2.75) is 6.18 Å². The maximum absolute atomic E-state index is 12.8. The van der Waals surface area contributed by atoms with Gasteiger partial charge in [0.2, 0.25) is 0 Å². The number of alkyl halides is 3. The molecule has 2 heterocycles. The number of carbonyl (C=O) groups is 1. The van der Waals surface area contributed by atoms with E-state index in [-0.39, 0.29) is 5.69 Å². The second-order valence-electron chi connectivity index (χ2n) is 6.39. The Bertz CT molecular complexity index is 1220. The van der Waals surface area contributed by atoms with Gasteiger partial charge >= 0.3 is 12.2 Å². The summed E-state index contributed by atoms with van der Waals surface area (Å²) in [5.41, 5.74) is 7.85. The van der Waals surface area contributed by atoms with Crippen molar-refractivity contribution in [3.63, 3.8) is 0 Å². The predicted octanol–water partition coefficient (Wildman–Crippen LogP) is 4.64. The number of amides is 2. The van der Waals surface area contributed by atoms with Gasteiger partial charge in [-0.2, -0.15) is 22.8 Å². The molecule has 4 aromatic rings. The molecule has 0 aliphatic heterocycles. The van der Waals surface area contributed by atoms with Crippen molar-refractivity contribution >= 4 is 28.9 Å². The molecule has 0 unspecified atom stereocenters. The number of carbonyl (C=O) groups excluding carboxylic acids is 1. The standard InChI is InChI=1S/C20H15F3N6O/c21-20(22,23)13-2-1-3-15(10-13)28-19(30)27-14-6-4-12(5-7-14)16-11-25-17-8-9-26-29(17)18(16)24/h1-11H,24H2,(H2,27,28,30). The smallest absolute Gasteiger partial charge is 0.383 e. The maximum atomic E-state index is 12.8. The molecule has 0 bridgehead atoms. The van der Waals surface area contributed by atoms with Crippen LogP contribution < -0.4 is 16.4 Å². The van der Waals surface area contributed by atoms with Crippen molar-refractivity contribution in [2.75, 3.05) is 16.4 Å². The lowest BCUT2D eigenvalue weighted by molar-refractivity contribution is -0.137. The van der Waals surface area contributed by atoms with E-state index in [4.69, 9.17) is 5.73 Å². The number of hydrogen-bond acceptors (Lipinski definition) is 4. The van der Waals surface area contributed by atoms with Gasteiger partial charge in [0.25, 0.3) is 0 Å². The van der Waals surface area contributed by atoms with Crippen LogP contribution in [-0.2, 0) is 6.18 Å². The molecule has 0 aliphatic carbocycles. The summed E-state index contributed by atoms with van der Waals surface area (Å²) in [6.45, 7) is 0. The highest BCUT2D eigenvalue weighted by molar-refractivity contribution is 6.00. The molecule has 0 radical (unpaired) electrons. The molecule has 30 heavy (non-hydrogen) atoms. The second-order valence-corrected chi connectivity index (χ2v) is 6.39. The number of hydrogen-bond donors (Lipinski definition) is 3. The Morgan fingerprint density at radius 3 is 2.47 bits per heavy atom. The molecular weight excluding hydrogens is 397 g/mol. The Balaban J connectivity index is 1.47. The molecule has 2 aromatic carbocycles. The van der Waals surface area contributed by atoms with Gasteiger partial charge in [0.15, 0.2) is 5.65 Å². The van der Waals surface area contributed by atoms with Crippen LogP contribution >= 0.6 is 0 Å². The van der Waals surface area contributed by atoms with Gasteiger partial charge in [-0.3, -0.25) is 0 Å². The molecule has 0 saturated carbocycles. The van der Waals surface area contributed by atoms with E-state index in [0.717, 1.165) is 17.7 Å².